The summed E-state index contributed by atoms with van der Waals surface area (Å²) in [6.07, 6.45) is 0. The molecule has 0 N–H and O–H groups in total. The lowest BCUT2D eigenvalue weighted by Gasteiger charge is -2.12. The van der Waals surface area contributed by atoms with Crippen molar-refractivity contribution in [3.63, 3.8) is 0 Å². The van der Waals surface area contributed by atoms with Crippen LogP contribution in [0, 0.1) is 0 Å². The lowest BCUT2D eigenvalue weighted by atomic mass is 10.1. The number of methoxy groups -OCH3 is 2. The molecule has 5 nitrogen and oxygen atoms in total. The minimum absolute atomic E-state index is 0.0362. The zero-order valence-corrected chi connectivity index (χ0v) is 13.8. The van der Waals surface area contributed by atoms with Gasteiger partial charge in [-0.1, -0.05) is 24.3 Å². The first-order valence-electron chi connectivity index (χ1n) is 7.40. The molecule has 0 saturated heterocycles. The fraction of sp³-hybridized carbons (Fsp3) is 0.278. The summed E-state index contributed by atoms with van der Waals surface area (Å²) in [7, 11) is 2.88. The van der Waals surface area contributed by atoms with Gasteiger partial charge in [-0.3, -0.25) is 0 Å². The van der Waals surface area contributed by atoms with Gasteiger partial charge in [0.1, 0.15) is 6.61 Å². The maximum Gasteiger partial charge on any atom is 0.387 e. The number of rotatable bonds is 8. The van der Waals surface area contributed by atoms with Gasteiger partial charge in [-0.25, -0.2) is 4.79 Å². The van der Waals surface area contributed by atoms with Crippen LogP contribution in [-0.4, -0.2) is 26.8 Å². The fourth-order valence-corrected chi connectivity index (χ4v) is 2.22. The zero-order valence-electron chi connectivity index (χ0n) is 13.8. The highest BCUT2D eigenvalue weighted by Crippen LogP contribution is 2.29. The van der Waals surface area contributed by atoms with Crippen molar-refractivity contribution in [2.24, 2.45) is 0 Å². The quantitative estimate of drug-likeness (QED) is 0.677. The summed E-state index contributed by atoms with van der Waals surface area (Å²) in [6.45, 7) is -2.70. The van der Waals surface area contributed by atoms with E-state index in [0.717, 1.165) is 0 Å². The Bertz CT molecular complexity index is 718. The molecule has 7 heteroatoms. The number of halogens is 2. The maximum absolute atomic E-state index is 12.3. The number of ether oxygens (including phenoxy) is 4. The molecular formula is C18H18F2O5. The third kappa shape index (κ3) is 5.15. The Morgan fingerprint density at radius 2 is 1.80 bits per heavy atom. The van der Waals surface area contributed by atoms with Gasteiger partial charge in [0.25, 0.3) is 0 Å². The number of esters is 1. The third-order valence-electron chi connectivity index (χ3n) is 3.35. The molecule has 0 unspecified atom stereocenters. The molecule has 0 atom stereocenters. The molecule has 0 radical (unpaired) electrons. The van der Waals surface area contributed by atoms with Crippen LogP contribution in [0.3, 0.4) is 0 Å². The smallest absolute Gasteiger partial charge is 0.387 e. The third-order valence-corrected chi connectivity index (χ3v) is 3.35. The molecule has 2 rings (SSSR count). The van der Waals surface area contributed by atoms with Crippen LogP contribution in [0.25, 0.3) is 0 Å². The molecule has 2 aromatic carbocycles. The number of benzene rings is 2. The van der Waals surface area contributed by atoms with E-state index in [0.29, 0.717) is 23.3 Å². The molecule has 0 heterocycles. The van der Waals surface area contributed by atoms with Crippen LogP contribution in [-0.2, 0) is 22.7 Å². The number of hydrogen-bond donors (Lipinski definition) is 0. The number of carbonyl (C=O) groups is 1. The minimum atomic E-state index is -2.95. The van der Waals surface area contributed by atoms with Gasteiger partial charge in [-0.05, 0) is 29.3 Å². The lowest BCUT2D eigenvalue weighted by molar-refractivity contribution is -0.0512. The van der Waals surface area contributed by atoms with Crippen molar-refractivity contribution >= 4 is 5.97 Å². The minimum Gasteiger partial charge on any atom is -0.493 e. The van der Waals surface area contributed by atoms with Crippen molar-refractivity contribution in [3.8, 4) is 11.5 Å². The Hall–Kier alpha value is -2.67. The van der Waals surface area contributed by atoms with Gasteiger partial charge in [-0.2, -0.15) is 8.78 Å². The average molecular weight is 352 g/mol. The van der Waals surface area contributed by atoms with E-state index >= 15 is 0 Å². The summed E-state index contributed by atoms with van der Waals surface area (Å²) < 4.78 is 44.3. The van der Waals surface area contributed by atoms with E-state index < -0.39 is 12.6 Å². The number of alkyl halides is 2. The molecule has 0 saturated carbocycles. The Morgan fingerprint density at radius 1 is 1.04 bits per heavy atom. The van der Waals surface area contributed by atoms with Crippen molar-refractivity contribution in [1.82, 2.24) is 0 Å². The molecule has 0 amide bonds. The molecule has 25 heavy (non-hydrogen) atoms. The molecule has 2 aromatic rings. The molecule has 134 valence electrons. The van der Waals surface area contributed by atoms with E-state index in [4.69, 9.17) is 14.2 Å². The van der Waals surface area contributed by atoms with Crippen LogP contribution < -0.4 is 9.47 Å². The SMILES string of the molecule is COCc1ccccc1C(=O)OCc1ccc(OC(F)F)c(OC)c1. The highest BCUT2D eigenvalue weighted by atomic mass is 19.3. The largest absolute Gasteiger partial charge is 0.493 e. The van der Waals surface area contributed by atoms with E-state index in [1.54, 1.807) is 24.3 Å². The maximum atomic E-state index is 12.3. The summed E-state index contributed by atoms with van der Waals surface area (Å²) in [6, 6.07) is 11.3. The van der Waals surface area contributed by atoms with E-state index in [1.165, 1.54) is 32.4 Å². The summed E-state index contributed by atoms with van der Waals surface area (Å²) in [4.78, 5) is 12.2. The lowest BCUT2D eigenvalue weighted by Crippen LogP contribution is -2.09. The van der Waals surface area contributed by atoms with Gasteiger partial charge < -0.3 is 18.9 Å². The predicted octanol–water partition coefficient (Wildman–Crippen LogP) is 3.80. The number of carbonyl (C=O) groups excluding carboxylic acids is 1. The summed E-state index contributed by atoms with van der Waals surface area (Å²) in [5.41, 5.74) is 1.71. The molecular weight excluding hydrogens is 334 g/mol. The summed E-state index contributed by atoms with van der Waals surface area (Å²) in [5.74, 6) is -0.453. The zero-order chi connectivity index (χ0) is 18.2. The molecule has 0 aliphatic heterocycles. The summed E-state index contributed by atoms with van der Waals surface area (Å²) >= 11 is 0. The van der Waals surface area contributed by atoms with Crippen LogP contribution in [0.1, 0.15) is 21.5 Å². The Kier molecular flexibility index (Phi) is 6.71. The van der Waals surface area contributed by atoms with Crippen LogP contribution in [0.2, 0.25) is 0 Å². The first kappa shape index (κ1) is 18.7. The first-order chi connectivity index (χ1) is 12.0. The predicted molar refractivity (Wildman–Crippen MR) is 85.9 cm³/mol. The van der Waals surface area contributed by atoms with Crippen molar-refractivity contribution in [1.29, 1.82) is 0 Å². The van der Waals surface area contributed by atoms with Gasteiger partial charge in [0.2, 0.25) is 0 Å². The highest BCUT2D eigenvalue weighted by molar-refractivity contribution is 5.91. The van der Waals surface area contributed by atoms with E-state index in [-0.39, 0.29) is 18.1 Å². The topological polar surface area (TPSA) is 54.0 Å². The second-order valence-electron chi connectivity index (χ2n) is 5.03. The van der Waals surface area contributed by atoms with Crippen LogP contribution in [0.15, 0.2) is 42.5 Å². The van der Waals surface area contributed by atoms with Crippen molar-refractivity contribution in [3.05, 3.63) is 59.2 Å². The highest BCUT2D eigenvalue weighted by Gasteiger charge is 2.14. The van der Waals surface area contributed by atoms with Gasteiger partial charge in [0, 0.05) is 7.11 Å². The Balaban J connectivity index is 2.07. The monoisotopic (exact) mass is 352 g/mol. The van der Waals surface area contributed by atoms with Crippen molar-refractivity contribution in [2.75, 3.05) is 14.2 Å². The van der Waals surface area contributed by atoms with Crippen LogP contribution >= 0.6 is 0 Å². The second-order valence-corrected chi connectivity index (χ2v) is 5.03. The van der Waals surface area contributed by atoms with Crippen molar-refractivity contribution in [2.45, 2.75) is 19.8 Å². The molecule has 0 aromatic heterocycles. The van der Waals surface area contributed by atoms with E-state index in [1.807, 2.05) is 0 Å². The van der Waals surface area contributed by atoms with Crippen LogP contribution in [0.5, 0.6) is 11.5 Å². The molecule has 0 spiro atoms. The average Bonchev–Trinajstić information content (AvgIpc) is 2.61. The molecule has 0 aliphatic carbocycles. The summed E-state index contributed by atoms with van der Waals surface area (Å²) in [5, 5.41) is 0. The first-order valence-corrected chi connectivity index (χ1v) is 7.40. The molecule has 0 bridgehead atoms. The van der Waals surface area contributed by atoms with Gasteiger partial charge in [0.05, 0.1) is 19.3 Å². The van der Waals surface area contributed by atoms with Gasteiger partial charge in [-0.15, -0.1) is 0 Å². The molecule has 0 aliphatic rings. The van der Waals surface area contributed by atoms with Crippen molar-refractivity contribution < 1.29 is 32.5 Å². The Labute approximate surface area is 144 Å². The van der Waals surface area contributed by atoms with E-state index in [9.17, 15) is 13.6 Å². The second kappa shape index (κ2) is 8.98. The standard InChI is InChI=1S/C18H18F2O5/c1-22-11-13-5-3-4-6-14(13)17(21)24-10-12-7-8-15(25-18(19)20)16(9-12)23-2/h3-9,18H,10-11H2,1-2H3. The Morgan fingerprint density at radius 3 is 2.48 bits per heavy atom. The number of hydrogen-bond acceptors (Lipinski definition) is 5. The molecule has 0 fully saturated rings. The van der Waals surface area contributed by atoms with Crippen LogP contribution in [0.4, 0.5) is 8.78 Å². The van der Waals surface area contributed by atoms with Gasteiger partial charge in [0.15, 0.2) is 11.5 Å². The van der Waals surface area contributed by atoms with E-state index in [2.05, 4.69) is 4.74 Å². The normalized spacial score (nSPS) is 10.6. The fourth-order valence-electron chi connectivity index (χ4n) is 2.22. The van der Waals surface area contributed by atoms with Gasteiger partial charge >= 0.3 is 12.6 Å².